The van der Waals surface area contributed by atoms with Crippen LogP contribution in [0.1, 0.15) is 57.4 Å². The van der Waals surface area contributed by atoms with Crippen LogP contribution in [0.15, 0.2) is 30.3 Å². The van der Waals surface area contributed by atoms with Crippen molar-refractivity contribution < 1.29 is 27.6 Å². The Labute approximate surface area is 216 Å². The Balaban J connectivity index is 1.80. The molecule has 2 atom stereocenters. The molecule has 1 aromatic rings. The predicted molar refractivity (Wildman–Crippen MR) is 137 cm³/mol. The molecule has 2 rings (SSSR count). The average molecular weight is 530 g/mol. The number of thioether (sulfide) groups is 1. The molecule has 0 aromatic heterocycles. The van der Waals surface area contributed by atoms with Crippen LogP contribution in [-0.2, 0) is 14.4 Å². The van der Waals surface area contributed by atoms with Crippen molar-refractivity contribution in [2.24, 2.45) is 5.92 Å². The fourth-order valence-electron chi connectivity index (χ4n) is 4.10. The first-order chi connectivity index (χ1) is 17.1. The number of hydrogen-bond acceptors (Lipinski definition) is 6. The number of nitrogens with one attached hydrogen (secondary N) is 2. The van der Waals surface area contributed by atoms with Gasteiger partial charge in [-0.15, -0.1) is 0 Å². The van der Waals surface area contributed by atoms with Gasteiger partial charge in [0.05, 0.1) is 11.8 Å². The summed E-state index contributed by atoms with van der Waals surface area (Å²) in [4.78, 5) is 38.2. The van der Waals surface area contributed by atoms with Gasteiger partial charge >= 0.3 is 6.18 Å². The van der Waals surface area contributed by atoms with E-state index in [4.69, 9.17) is 0 Å². The molecule has 1 heterocycles. The quantitative estimate of drug-likeness (QED) is 0.332. The summed E-state index contributed by atoms with van der Waals surface area (Å²) < 4.78 is 37.1. The number of ketones is 1. The van der Waals surface area contributed by atoms with Gasteiger partial charge in [0.15, 0.2) is 0 Å². The molecule has 2 amide bonds. The number of amides is 2. The van der Waals surface area contributed by atoms with Gasteiger partial charge in [0, 0.05) is 26.1 Å². The summed E-state index contributed by atoms with van der Waals surface area (Å²) in [6.45, 7) is 7.22. The SMILES string of the molecule is CC(C)CCC(=O)NC(=O)[C@H](CCCSCC(=O)C(F)(F)F)NCCN1CCC(c2ccccc2)C1. The molecular weight excluding hydrogens is 491 g/mol. The molecule has 0 spiro atoms. The minimum absolute atomic E-state index is 0.264. The Bertz CT molecular complexity index is 837. The molecule has 2 N–H and O–H groups in total. The highest BCUT2D eigenvalue weighted by atomic mass is 32.2. The van der Waals surface area contributed by atoms with Gasteiger partial charge in [0.25, 0.3) is 0 Å². The Morgan fingerprint density at radius 3 is 2.53 bits per heavy atom. The van der Waals surface area contributed by atoms with Gasteiger partial charge < -0.3 is 10.2 Å². The molecule has 1 aromatic carbocycles. The lowest BCUT2D eigenvalue weighted by Crippen LogP contribution is -2.48. The second-order valence-electron chi connectivity index (χ2n) is 9.66. The van der Waals surface area contributed by atoms with E-state index in [-0.39, 0.29) is 12.3 Å². The first-order valence-corrected chi connectivity index (χ1v) is 13.7. The summed E-state index contributed by atoms with van der Waals surface area (Å²) in [6, 6.07) is 9.75. The lowest BCUT2D eigenvalue weighted by Gasteiger charge is -2.21. The van der Waals surface area contributed by atoms with Crippen LogP contribution in [0.4, 0.5) is 13.2 Å². The number of hydrogen-bond donors (Lipinski definition) is 2. The third kappa shape index (κ3) is 11.4. The zero-order valence-electron chi connectivity index (χ0n) is 21.1. The van der Waals surface area contributed by atoms with Gasteiger partial charge in [0.2, 0.25) is 17.6 Å². The highest BCUT2D eigenvalue weighted by Gasteiger charge is 2.37. The van der Waals surface area contributed by atoms with E-state index in [1.54, 1.807) is 0 Å². The van der Waals surface area contributed by atoms with E-state index in [0.29, 0.717) is 43.4 Å². The fourth-order valence-corrected chi connectivity index (χ4v) is 4.96. The van der Waals surface area contributed by atoms with Crippen molar-refractivity contribution in [1.29, 1.82) is 0 Å². The Morgan fingerprint density at radius 2 is 1.86 bits per heavy atom. The molecule has 1 unspecified atom stereocenters. The van der Waals surface area contributed by atoms with E-state index in [1.807, 2.05) is 32.0 Å². The van der Waals surface area contributed by atoms with Gasteiger partial charge in [-0.1, -0.05) is 44.2 Å². The predicted octanol–water partition coefficient (Wildman–Crippen LogP) is 4.16. The maximum absolute atomic E-state index is 12.7. The molecule has 202 valence electrons. The molecule has 1 aliphatic rings. The minimum atomic E-state index is -4.82. The zero-order chi connectivity index (χ0) is 26.6. The van der Waals surface area contributed by atoms with E-state index in [2.05, 4.69) is 27.7 Å². The molecular formula is C26H38F3N3O3S. The van der Waals surface area contributed by atoms with Gasteiger partial charge in [-0.25, -0.2) is 0 Å². The first-order valence-electron chi connectivity index (χ1n) is 12.6. The summed E-state index contributed by atoms with van der Waals surface area (Å²) in [7, 11) is 0. The average Bonchev–Trinajstić information content (AvgIpc) is 3.30. The molecule has 6 nitrogen and oxygen atoms in total. The van der Waals surface area contributed by atoms with E-state index < -0.39 is 29.7 Å². The molecule has 0 bridgehead atoms. The van der Waals surface area contributed by atoms with Crippen LogP contribution in [0.2, 0.25) is 0 Å². The Hall–Kier alpha value is -1.91. The third-order valence-corrected chi connectivity index (χ3v) is 7.26. The van der Waals surface area contributed by atoms with Crippen molar-refractivity contribution >= 4 is 29.4 Å². The largest absolute Gasteiger partial charge is 0.450 e. The van der Waals surface area contributed by atoms with Crippen LogP contribution in [0.25, 0.3) is 0 Å². The monoisotopic (exact) mass is 529 g/mol. The molecule has 0 aliphatic carbocycles. The molecule has 36 heavy (non-hydrogen) atoms. The van der Waals surface area contributed by atoms with Crippen LogP contribution in [0, 0.1) is 5.92 Å². The second kappa shape index (κ2) is 15.4. The summed E-state index contributed by atoms with van der Waals surface area (Å²) in [6.07, 6.45) is -1.99. The van der Waals surface area contributed by atoms with Gasteiger partial charge in [-0.2, -0.15) is 24.9 Å². The molecule has 1 aliphatic heterocycles. The molecule has 0 radical (unpaired) electrons. The normalized spacial score (nSPS) is 17.3. The summed E-state index contributed by atoms with van der Waals surface area (Å²) >= 11 is 0.905. The number of carbonyl (C=O) groups is 3. The van der Waals surface area contributed by atoms with E-state index in [9.17, 15) is 27.6 Å². The van der Waals surface area contributed by atoms with Crippen LogP contribution in [0.3, 0.4) is 0 Å². The molecule has 1 fully saturated rings. The van der Waals surface area contributed by atoms with Crippen molar-refractivity contribution in [2.75, 3.05) is 37.7 Å². The number of rotatable bonds is 15. The zero-order valence-corrected chi connectivity index (χ0v) is 21.9. The van der Waals surface area contributed by atoms with Crippen molar-refractivity contribution in [1.82, 2.24) is 15.5 Å². The number of likely N-dealkylation sites (tertiary alicyclic amines) is 1. The van der Waals surface area contributed by atoms with Crippen molar-refractivity contribution in [3.05, 3.63) is 35.9 Å². The Morgan fingerprint density at radius 1 is 1.14 bits per heavy atom. The summed E-state index contributed by atoms with van der Waals surface area (Å²) in [5, 5.41) is 5.69. The number of benzene rings is 1. The van der Waals surface area contributed by atoms with Crippen LogP contribution >= 0.6 is 11.8 Å². The highest BCUT2D eigenvalue weighted by molar-refractivity contribution is 7.99. The van der Waals surface area contributed by atoms with E-state index in [0.717, 1.165) is 37.8 Å². The molecule has 10 heteroatoms. The van der Waals surface area contributed by atoms with Crippen molar-refractivity contribution in [3.8, 4) is 0 Å². The van der Waals surface area contributed by atoms with Gasteiger partial charge in [0.1, 0.15) is 0 Å². The lowest BCUT2D eigenvalue weighted by molar-refractivity contribution is -0.167. The summed E-state index contributed by atoms with van der Waals surface area (Å²) in [5.74, 6) is -1.97. The van der Waals surface area contributed by atoms with Gasteiger partial charge in [-0.05, 0) is 55.4 Å². The highest BCUT2D eigenvalue weighted by Crippen LogP contribution is 2.26. The number of Topliss-reactive ketones (excluding diaryl/α,β-unsaturated/α-hetero) is 1. The summed E-state index contributed by atoms with van der Waals surface area (Å²) in [5.41, 5.74) is 1.33. The molecule has 1 saturated heterocycles. The van der Waals surface area contributed by atoms with Gasteiger partial charge in [-0.3, -0.25) is 19.7 Å². The Kier molecular flexibility index (Phi) is 12.9. The number of alkyl halides is 3. The van der Waals surface area contributed by atoms with Crippen LogP contribution < -0.4 is 10.6 Å². The second-order valence-corrected chi connectivity index (χ2v) is 10.8. The van der Waals surface area contributed by atoms with E-state index >= 15 is 0 Å². The maximum Gasteiger partial charge on any atom is 0.450 e. The van der Waals surface area contributed by atoms with E-state index in [1.165, 1.54) is 5.56 Å². The number of nitrogens with zero attached hydrogens (tertiary/aromatic N) is 1. The van der Waals surface area contributed by atoms with Crippen LogP contribution in [-0.4, -0.2) is 72.4 Å². The van der Waals surface area contributed by atoms with Crippen molar-refractivity contribution in [3.63, 3.8) is 0 Å². The third-order valence-electron chi connectivity index (χ3n) is 6.22. The standard InChI is InChI=1S/C26H38F3N3O3S/c1-19(2)10-11-24(34)31-25(35)22(9-6-16-36-18-23(33)26(27,28)29)30-13-15-32-14-12-21(17-32)20-7-4-3-5-8-20/h3-5,7-8,19,21-22,30H,6,9-18H2,1-2H3,(H,31,34,35)/t21?,22-/m0/s1. The number of halogens is 3. The smallest absolute Gasteiger partial charge is 0.305 e. The number of imide groups is 1. The fraction of sp³-hybridized carbons (Fsp3) is 0.654. The maximum atomic E-state index is 12.7. The minimum Gasteiger partial charge on any atom is -0.305 e. The number of carbonyl (C=O) groups excluding carboxylic acids is 3. The topological polar surface area (TPSA) is 78.5 Å². The van der Waals surface area contributed by atoms with Crippen LogP contribution in [0.5, 0.6) is 0 Å². The molecule has 0 saturated carbocycles. The first kappa shape index (κ1) is 30.3. The van der Waals surface area contributed by atoms with Crippen molar-refractivity contribution in [2.45, 2.75) is 64.1 Å². The lowest BCUT2D eigenvalue weighted by atomic mass is 9.99.